The van der Waals surface area contributed by atoms with Crippen LogP contribution in [0.25, 0.3) is 10.2 Å². The van der Waals surface area contributed by atoms with Crippen molar-refractivity contribution in [1.29, 1.82) is 0 Å². The van der Waals surface area contributed by atoms with Crippen molar-refractivity contribution in [2.45, 2.75) is 25.8 Å². The average Bonchev–Trinajstić information content (AvgIpc) is 3.53. The number of benzene rings is 2. The number of halogens is 1. The molecule has 1 unspecified atom stereocenters. The first-order valence-corrected chi connectivity index (χ1v) is 11.5. The number of nitrogens with zero attached hydrogens (tertiary/aromatic N) is 3. The van der Waals surface area contributed by atoms with Crippen LogP contribution in [0.4, 0.5) is 4.39 Å². The van der Waals surface area contributed by atoms with Gasteiger partial charge in [-0.3, -0.25) is 9.48 Å². The first-order chi connectivity index (χ1) is 15.5. The number of hydrogen-bond acceptors (Lipinski definition) is 4. The van der Waals surface area contributed by atoms with Gasteiger partial charge in [-0.25, -0.2) is 4.39 Å². The molecule has 4 aromatic rings. The Kier molecular flexibility index (Phi) is 5.43. The number of ether oxygens (including phenoxy) is 1. The first-order valence-electron chi connectivity index (χ1n) is 10.7. The Morgan fingerprint density at radius 3 is 2.66 bits per heavy atom. The van der Waals surface area contributed by atoms with Gasteiger partial charge in [0.15, 0.2) is 0 Å². The molecule has 1 amide bonds. The number of carbonyl (C=O) groups is 1. The van der Waals surface area contributed by atoms with Gasteiger partial charge in [-0.2, -0.15) is 5.10 Å². The fourth-order valence-electron chi connectivity index (χ4n) is 4.34. The van der Waals surface area contributed by atoms with Crippen LogP contribution in [-0.2, 0) is 6.54 Å². The summed E-state index contributed by atoms with van der Waals surface area (Å²) in [4.78, 5) is 16.9. The van der Waals surface area contributed by atoms with Gasteiger partial charge in [0.05, 0.1) is 24.2 Å². The van der Waals surface area contributed by atoms with Gasteiger partial charge < -0.3 is 9.64 Å². The molecule has 1 aliphatic rings. The summed E-state index contributed by atoms with van der Waals surface area (Å²) in [5.74, 6) is 1.01. The summed E-state index contributed by atoms with van der Waals surface area (Å²) in [5, 5.41) is 5.64. The van der Waals surface area contributed by atoms with Gasteiger partial charge in [0, 0.05) is 24.4 Å². The average molecular weight is 450 g/mol. The van der Waals surface area contributed by atoms with Crippen molar-refractivity contribution in [2.75, 3.05) is 20.2 Å². The number of carbonyl (C=O) groups excluding carboxylic acids is 1. The summed E-state index contributed by atoms with van der Waals surface area (Å²) in [5.41, 5.74) is 3.11. The van der Waals surface area contributed by atoms with Crippen molar-refractivity contribution >= 4 is 27.5 Å². The fraction of sp³-hybridized carbons (Fsp3) is 0.280. The van der Waals surface area contributed by atoms with Crippen molar-refractivity contribution < 1.29 is 13.9 Å². The highest BCUT2D eigenvalue weighted by molar-refractivity contribution is 7.20. The number of fused-ring (bicyclic) bond motifs is 1. The zero-order valence-electron chi connectivity index (χ0n) is 18.0. The SMILES string of the molecule is COc1ccc(C2CCN(C(=O)c3cc4c(C)nn(Cc5ccc(F)cc5)c4s3)C2)cc1. The molecule has 0 radical (unpaired) electrons. The van der Waals surface area contributed by atoms with E-state index in [-0.39, 0.29) is 11.7 Å². The van der Waals surface area contributed by atoms with Crippen LogP contribution >= 0.6 is 11.3 Å². The Hall–Kier alpha value is -3.19. The molecule has 0 spiro atoms. The van der Waals surface area contributed by atoms with Crippen molar-refractivity contribution in [3.05, 3.63) is 82.1 Å². The predicted molar refractivity (Wildman–Crippen MR) is 124 cm³/mol. The smallest absolute Gasteiger partial charge is 0.264 e. The lowest BCUT2D eigenvalue weighted by Gasteiger charge is -2.16. The van der Waals surface area contributed by atoms with E-state index in [1.165, 1.54) is 29.0 Å². The molecule has 5 rings (SSSR count). The van der Waals surface area contributed by atoms with Gasteiger partial charge in [-0.1, -0.05) is 24.3 Å². The maximum atomic E-state index is 13.3. The van der Waals surface area contributed by atoms with E-state index < -0.39 is 0 Å². The Labute approximate surface area is 190 Å². The minimum Gasteiger partial charge on any atom is -0.497 e. The number of likely N-dealkylation sites (tertiary alicyclic amines) is 1. The van der Waals surface area contributed by atoms with Crippen molar-refractivity contribution in [2.24, 2.45) is 0 Å². The van der Waals surface area contributed by atoms with Crippen LogP contribution in [0.5, 0.6) is 5.75 Å². The van der Waals surface area contributed by atoms with Gasteiger partial charge in [0.1, 0.15) is 16.4 Å². The Morgan fingerprint density at radius 2 is 1.94 bits per heavy atom. The molecule has 1 fully saturated rings. The van der Waals surface area contributed by atoms with Crippen LogP contribution in [0.3, 0.4) is 0 Å². The van der Waals surface area contributed by atoms with Crippen LogP contribution in [0, 0.1) is 12.7 Å². The lowest BCUT2D eigenvalue weighted by atomic mass is 9.98. The number of aryl methyl sites for hydroxylation is 1. The molecular formula is C25H24FN3O2S. The maximum absolute atomic E-state index is 13.3. The Bertz CT molecular complexity index is 1260. The largest absolute Gasteiger partial charge is 0.497 e. The molecule has 1 aliphatic heterocycles. The third-order valence-corrected chi connectivity index (χ3v) is 7.26. The zero-order valence-corrected chi connectivity index (χ0v) is 18.9. The molecule has 2 aromatic carbocycles. The minimum atomic E-state index is -0.252. The first kappa shape index (κ1) is 20.7. The number of amides is 1. The summed E-state index contributed by atoms with van der Waals surface area (Å²) >= 11 is 1.48. The Morgan fingerprint density at radius 1 is 1.19 bits per heavy atom. The molecule has 3 heterocycles. The third-order valence-electron chi connectivity index (χ3n) is 6.13. The molecule has 7 heteroatoms. The van der Waals surface area contributed by atoms with E-state index in [1.807, 2.05) is 34.7 Å². The van der Waals surface area contributed by atoms with Crippen LogP contribution < -0.4 is 4.74 Å². The van der Waals surface area contributed by atoms with E-state index in [2.05, 4.69) is 17.2 Å². The summed E-state index contributed by atoms with van der Waals surface area (Å²) < 4.78 is 20.4. The molecule has 1 saturated heterocycles. The third kappa shape index (κ3) is 3.88. The zero-order chi connectivity index (χ0) is 22.2. The highest BCUT2D eigenvalue weighted by atomic mass is 32.1. The standard InChI is InChI=1S/C25H24FN3O2S/c1-16-22-13-23(32-25(22)29(27-16)14-17-3-7-20(26)8-4-17)24(30)28-12-11-19(15-28)18-5-9-21(31-2)10-6-18/h3-10,13,19H,11-12,14-15H2,1-2H3. The highest BCUT2D eigenvalue weighted by Crippen LogP contribution is 2.33. The monoisotopic (exact) mass is 449 g/mol. The van der Waals surface area contributed by atoms with Gasteiger partial charge >= 0.3 is 0 Å². The molecule has 5 nitrogen and oxygen atoms in total. The van der Waals surface area contributed by atoms with Crippen LogP contribution in [0.15, 0.2) is 54.6 Å². The topological polar surface area (TPSA) is 47.4 Å². The maximum Gasteiger partial charge on any atom is 0.264 e. The number of aromatic nitrogens is 2. The van der Waals surface area contributed by atoms with Gasteiger partial charge in [-0.15, -0.1) is 11.3 Å². The summed E-state index contributed by atoms with van der Waals surface area (Å²) in [6.45, 7) is 3.98. The molecule has 0 bridgehead atoms. The van der Waals surface area contributed by atoms with Crippen LogP contribution in [-0.4, -0.2) is 40.8 Å². The lowest BCUT2D eigenvalue weighted by Crippen LogP contribution is -2.27. The summed E-state index contributed by atoms with van der Waals surface area (Å²) in [6.07, 6.45) is 0.959. The molecule has 0 N–H and O–H groups in total. The number of rotatable bonds is 5. The van der Waals surface area contributed by atoms with E-state index in [0.29, 0.717) is 12.5 Å². The summed E-state index contributed by atoms with van der Waals surface area (Å²) in [6, 6.07) is 16.5. The molecule has 32 heavy (non-hydrogen) atoms. The lowest BCUT2D eigenvalue weighted by molar-refractivity contribution is 0.0795. The van der Waals surface area contributed by atoms with Gasteiger partial charge in [-0.05, 0) is 54.8 Å². The summed E-state index contributed by atoms with van der Waals surface area (Å²) in [7, 11) is 1.66. The predicted octanol–water partition coefficient (Wildman–Crippen LogP) is 5.23. The second kappa shape index (κ2) is 8.39. The number of hydrogen-bond donors (Lipinski definition) is 0. The normalized spacial score (nSPS) is 16.1. The van der Waals surface area contributed by atoms with Crippen molar-refractivity contribution in [1.82, 2.24) is 14.7 Å². The van der Waals surface area contributed by atoms with Crippen LogP contribution in [0.2, 0.25) is 0 Å². The molecule has 0 saturated carbocycles. The Balaban J connectivity index is 1.34. The van der Waals surface area contributed by atoms with Gasteiger partial charge in [0.25, 0.3) is 5.91 Å². The van der Waals surface area contributed by atoms with Gasteiger partial charge in [0.2, 0.25) is 0 Å². The van der Waals surface area contributed by atoms with Crippen molar-refractivity contribution in [3.8, 4) is 5.75 Å². The molecule has 0 aliphatic carbocycles. The number of methoxy groups -OCH3 is 1. The number of thiophene rings is 1. The van der Waals surface area contributed by atoms with E-state index in [1.54, 1.807) is 19.2 Å². The van der Waals surface area contributed by atoms with E-state index in [9.17, 15) is 9.18 Å². The van der Waals surface area contributed by atoms with Crippen LogP contribution in [0.1, 0.15) is 38.8 Å². The molecular weight excluding hydrogens is 425 g/mol. The van der Waals surface area contributed by atoms with E-state index in [0.717, 1.165) is 51.6 Å². The minimum absolute atomic E-state index is 0.0787. The molecule has 2 aromatic heterocycles. The van der Waals surface area contributed by atoms with E-state index >= 15 is 0 Å². The van der Waals surface area contributed by atoms with Crippen molar-refractivity contribution in [3.63, 3.8) is 0 Å². The quantitative estimate of drug-likeness (QED) is 0.419. The molecule has 1 atom stereocenters. The fourth-order valence-corrected chi connectivity index (χ4v) is 5.47. The second-order valence-corrected chi connectivity index (χ2v) is 9.24. The highest BCUT2D eigenvalue weighted by Gasteiger charge is 2.29. The second-order valence-electron chi connectivity index (χ2n) is 8.21. The van der Waals surface area contributed by atoms with E-state index in [4.69, 9.17) is 4.74 Å². The molecule has 164 valence electrons.